The molecule has 0 aliphatic heterocycles. The van der Waals surface area contributed by atoms with E-state index in [9.17, 15) is 13.6 Å². The van der Waals surface area contributed by atoms with Gasteiger partial charge in [-0.2, -0.15) is 0 Å². The fraction of sp³-hybridized carbons (Fsp3) is 0.533. The molecule has 116 valence electrons. The first kappa shape index (κ1) is 15.7. The van der Waals surface area contributed by atoms with Gasteiger partial charge in [0.15, 0.2) is 5.82 Å². The molecule has 1 saturated carbocycles. The number of halogens is 2. The Hall–Kier alpha value is -1.69. The Balaban J connectivity index is 2.22. The zero-order valence-electron chi connectivity index (χ0n) is 12.6. The Morgan fingerprint density at radius 3 is 2.38 bits per heavy atom. The van der Waals surface area contributed by atoms with Gasteiger partial charge in [-0.1, -0.05) is 0 Å². The average Bonchev–Trinajstić information content (AvgIpc) is 2.37. The second-order valence-corrected chi connectivity index (χ2v) is 5.96. The maximum absolute atomic E-state index is 13.9. The SMILES string of the molecule is CN(CC1(N(C)C)CCC1)C(=O)c1c(F)ccc(N)c1F. The molecule has 2 N–H and O–H groups in total. The quantitative estimate of drug-likeness (QED) is 0.866. The first-order valence-electron chi connectivity index (χ1n) is 6.95. The molecule has 0 heterocycles. The van der Waals surface area contributed by atoms with Crippen LogP contribution < -0.4 is 5.73 Å². The van der Waals surface area contributed by atoms with E-state index in [-0.39, 0.29) is 11.2 Å². The van der Waals surface area contributed by atoms with Crippen molar-refractivity contribution in [1.29, 1.82) is 0 Å². The molecule has 1 aromatic carbocycles. The Morgan fingerprint density at radius 2 is 1.90 bits per heavy atom. The lowest BCUT2D eigenvalue weighted by Crippen LogP contribution is -2.57. The van der Waals surface area contributed by atoms with E-state index in [1.54, 1.807) is 7.05 Å². The van der Waals surface area contributed by atoms with Crippen LogP contribution in [0.15, 0.2) is 12.1 Å². The molecule has 1 fully saturated rings. The molecule has 4 nitrogen and oxygen atoms in total. The predicted octanol–water partition coefficient (Wildman–Crippen LogP) is 2.10. The zero-order chi connectivity index (χ0) is 15.8. The van der Waals surface area contributed by atoms with E-state index in [2.05, 4.69) is 4.90 Å². The number of hydrogen-bond donors (Lipinski definition) is 1. The van der Waals surface area contributed by atoms with E-state index in [4.69, 9.17) is 5.73 Å². The van der Waals surface area contributed by atoms with E-state index >= 15 is 0 Å². The van der Waals surface area contributed by atoms with Gasteiger partial charge in [-0.15, -0.1) is 0 Å². The number of hydrogen-bond acceptors (Lipinski definition) is 3. The number of nitrogen functional groups attached to an aromatic ring is 1. The van der Waals surface area contributed by atoms with Crippen LogP contribution in [0.25, 0.3) is 0 Å². The van der Waals surface area contributed by atoms with Crippen molar-refractivity contribution < 1.29 is 13.6 Å². The molecule has 0 spiro atoms. The summed E-state index contributed by atoms with van der Waals surface area (Å²) in [7, 11) is 5.48. The van der Waals surface area contributed by atoms with Gasteiger partial charge in [0.2, 0.25) is 0 Å². The van der Waals surface area contributed by atoms with Crippen molar-refractivity contribution in [3.05, 3.63) is 29.3 Å². The minimum absolute atomic E-state index is 0.0995. The minimum atomic E-state index is -0.987. The summed E-state index contributed by atoms with van der Waals surface area (Å²) in [6, 6.07) is 2.14. The molecular formula is C15H21F2N3O. The Morgan fingerprint density at radius 1 is 1.29 bits per heavy atom. The van der Waals surface area contributed by atoms with Crippen molar-refractivity contribution in [2.24, 2.45) is 0 Å². The van der Waals surface area contributed by atoms with Crippen molar-refractivity contribution in [2.45, 2.75) is 24.8 Å². The molecule has 1 aliphatic rings. The maximum atomic E-state index is 13.9. The highest BCUT2D eigenvalue weighted by Crippen LogP contribution is 2.37. The van der Waals surface area contributed by atoms with Gasteiger partial charge in [0, 0.05) is 19.1 Å². The summed E-state index contributed by atoms with van der Waals surface area (Å²) in [5.74, 6) is -2.55. The van der Waals surface area contributed by atoms with E-state index < -0.39 is 23.1 Å². The number of anilines is 1. The van der Waals surface area contributed by atoms with Crippen LogP contribution in [0.3, 0.4) is 0 Å². The van der Waals surface area contributed by atoms with Crippen molar-refractivity contribution in [2.75, 3.05) is 33.4 Å². The standard InChI is InChI=1S/C15H21F2N3O/c1-19(2)15(7-4-8-15)9-20(3)14(21)12-10(16)5-6-11(18)13(12)17/h5-6H,4,7-9,18H2,1-3H3. The van der Waals surface area contributed by atoms with Crippen molar-refractivity contribution >= 4 is 11.6 Å². The van der Waals surface area contributed by atoms with Gasteiger partial charge in [-0.3, -0.25) is 4.79 Å². The molecule has 0 bridgehead atoms. The normalized spacial score (nSPS) is 16.7. The summed E-state index contributed by atoms with van der Waals surface area (Å²) in [5, 5.41) is 0. The Labute approximate surface area is 123 Å². The number of carbonyl (C=O) groups is 1. The summed E-state index contributed by atoms with van der Waals surface area (Å²) in [4.78, 5) is 15.8. The van der Waals surface area contributed by atoms with Crippen molar-refractivity contribution in [3.8, 4) is 0 Å². The topological polar surface area (TPSA) is 49.6 Å². The predicted molar refractivity (Wildman–Crippen MR) is 78.0 cm³/mol. The number of nitrogens with two attached hydrogens (primary N) is 1. The van der Waals surface area contributed by atoms with Gasteiger partial charge in [0.1, 0.15) is 11.4 Å². The largest absolute Gasteiger partial charge is 0.396 e. The first-order valence-corrected chi connectivity index (χ1v) is 6.95. The van der Waals surface area contributed by atoms with Crippen LogP contribution in [0, 0.1) is 11.6 Å². The zero-order valence-corrected chi connectivity index (χ0v) is 12.6. The average molecular weight is 297 g/mol. The van der Waals surface area contributed by atoms with Crippen molar-refractivity contribution in [3.63, 3.8) is 0 Å². The lowest BCUT2D eigenvalue weighted by Gasteiger charge is -2.49. The molecule has 0 radical (unpaired) electrons. The molecule has 6 heteroatoms. The number of likely N-dealkylation sites (N-methyl/N-ethyl adjacent to an activating group) is 2. The highest BCUT2D eigenvalue weighted by molar-refractivity contribution is 5.95. The molecule has 0 unspecified atom stereocenters. The number of nitrogens with zero attached hydrogens (tertiary/aromatic N) is 2. The smallest absolute Gasteiger partial charge is 0.259 e. The first-order chi connectivity index (χ1) is 9.78. The third-order valence-electron chi connectivity index (χ3n) is 4.45. The summed E-state index contributed by atoms with van der Waals surface area (Å²) < 4.78 is 27.7. The number of amides is 1. The van der Waals surface area contributed by atoms with E-state index in [1.165, 1.54) is 4.90 Å². The summed E-state index contributed by atoms with van der Waals surface area (Å²) in [6.07, 6.45) is 3.04. The summed E-state index contributed by atoms with van der Waals surface area (Å²) in [6.45, 7) is 0.437. The van der Waals surface area contributed by atoms with Gasteiger partial charge in [0.05, 0.1) is 5.69 Å². The minimum Gasteiger partial charge on any atom is -0.396 e. The molecule has 0 saturated heterocycles. The van der Waals surface area contributed by atoms with Crippen LogP contribution in [-0.2, 0) is 0 Å². The number of rotatable bonds is 4. The van der Waals surface area contributed by atoms with Gasteiger partial charge in [-0.05, 0) is 45.5 Å². The van der Waals surface area contributed by atoms with Crippen LogP contribution in [0.5, 0.6) is 0 Å². The Bertz CT molecular complexity index is 556. The molecule has 0 aromatic heterocycles. The molecule has 21 heavy (non-hydrogen) atoms. The molecule has 0 atom stereocenters. The van der Waals surface area contributed by atoms with Crippen LogP contribution in [0.2, 0.25) is 0 Å². The third-order valence-corrected chi connectivity index (χ3v) is 4.45. The molecule has 1 aromatic rings. The van der Waals surface area contributed by atoms with Gasteiger partial charge in [0.25, 0.3) is 5.91 Å². The number of carbonyl (C=O) groups excluding carboxylic acids is 1. The van der Waals surface area contributed by atoms with E-state index in [0.29, 0.717) is 6.54 Å². The molecular weight excluding hydrogens is 276 g/mol. The molecule has 2 rings (SSSR count). The lowest BCUT2D eigenvalue weighted by atomic mass is 9.75. The summed E-state index contributed by atoms with van der Waals surface area (Å²) >= 11 is 0. The van der Waals surface area contributed by atoms with Crippen molar-refractivity contribution in [1.82, 2.24) is 9.80 Å². The van der Waals surface area contributed by atoms with E-state index in [1.807, 2.05) is 14.1 Å². The summed E-state index contributed by atoms with van der Waals surface area (Å²) in [5.41, 5.74) is 4.52. The molecule has 1 amide bonds. The second kappa shape index (κ2) is 5.60. The highest BCUT2D eigenvalue weighted by atomic mass is 19.1. The monoisotopic (exact) mass is 297 g/mol. The van der Waals surface area contributed by atoms with Crippen LogP contribution in [0.1, 0.15) is 29.6 Å². The maximum Gasteiger partial charge on any atom is 0.259 e. The van der Waals surface area contributed by atoms with Gasteiger partial charge < -0.3 is 15.5 Å². The van der Waals surface area contributed by atoms with Crippen LogP contribution in [-0.4, -0.2) is 48.9 Å². The fourth-order valence-electron chi connectivity index (χ4n) is 2.80. The van der Waals surface area contributed by atoms with Gasteiger partial charge in [-0.25, -0.2) is 8.78 Å². The van der Waals surface area contributed by atoms with E-state index in [0.717, 1.165) is 31.4 Å². The van der Waals surface area contributed by atoms with Gasteiger partial charge >= 0.3 is 0 Å². The third kappa shape index (κ3) is 2.72. The molecule has 1 aliphatic carbocycles. The highest BCUT2D eigenvalue weighted by Gasteiger charge is 2.41. The van der Waals surface area contributed by atoms with Crippen LogP contribution >= 0.6 is 0 Å². The number of benzene rings is 1. The fourth-order valence-corrected chi connectivity index (χ4v) is 2.80. The van der Waals surface area contributed by atoms with Crippen LogP contribution in [0.4, 0.5) is 14.5 Å². The Kier molecular flexibility index (Phi) is 4.18. The lowest BCUT2D eigenvalue weighted by molar-refractivity contribution is 0.0248. The second-order valence-electron chi connectivity index (χ2n) is 5.96.